The van der Waals surface area contributed by atoms with Crippen LogP contribution in [0.15, 0.2) is 78.4 Å². The lowest BCUT2D eigenvalue weighted by Crippen LogP contribution is -2.54. The predicted molar refractivity (Wildman–Crippen MR) is 132 cm³/mol. The van der Waals surface area contributed by atoms with E-state index in [1.165, 1.54) is 12.1 Å². The first-order valence-electron chi connectivity index (χ1n) is 10.3. The molecule has 4 rings (SSSR count). The monoisotopic (exact) mass is 509 g/mol. The molecule has 1 heterocycles. The van der Waals surface area contributed by atoms with Crippen LogP contribution in [0.5, 0.6) is 5.75 Å². The van der Waals surface area contributed by atoms with Crippen LogP contribution in [0.1, 0.15) is 5.56 Å². The van der Waals surface area contributed by atoms with Crippen molar-refractivity contribution in [2.75, 3.05) is 16.8 Å². The predicted octanol–water partition coefficient (Wildman–Crippen LogP) is 4.68. The van der Waals surface area contributed by atoms with Gasteiger partial charge in [0.2, 0.25) is 0 Å². The summed E-state index contributed by atoms with van der Waals surface area (Å²) in [6.07, 6.45) is 1.31. The Hall–Kier alpha value is -4.14. The Morgan fingerprint density at radius 2 is 1.66 bits per heavy atom. The number of nitrogens with one attached hydrogen (secondary N) is 2. The molecule has 176 valence electrons. The molecule has 1 aliphatic heterocycles. The number of anilines is 2. The van der Waals surface area contributed by atoms with Gasteiger partial charge in [0.05, 0.1) is 15.7 Å². The molecule has 0 aliphatic carbocycles. The van der Waals surface area contributed by atoms with Crippen LogP contribution in [0.4, 0.5) is 16.2 Å². The van der Waals surface area contributed by atoms with E-state index < -0.39 is 23.8 Å². The zero-order chi connectivity index (χ0) is 24.9. The lowest BCUT2D eigenvalue weighted by Gasteiger charge is -2.26. The summed E-state index contributed by atoms with van der Waals surface area (Å²) in [6.45, 7) is -0.352. The van der Waals surface area contributed by atoms with Crippen LogP contribution in [0.2, 0.25) is 10.0 Å². The number of para-hydroxylation sites is 2. The molecular formula is C25H17Cl2N3O5. The Morgan fingerprint density at radius 3 is 2.40 bits per heavy atom. The Morgan fingerprint density at radius 1 is 0.943 bits per heavy atom. The lowest BCUT2D eigenvalue weighted by atomic mass is 10.1. The van der Waals surface area contributed by atoms with Crippen LogP contribution in [-0.2, 0) is 14.4 Å². The summed E-state index contributed by atoms with van der Waals surface area (Å²) in [5.74, 6) is -1.82. The smallest absolute Gasteiger partial charge is 0.335 e. The molecule has 1 fully saturated rings. The molecule has 8 nitrogen and oxygen atoms in total. The number of ether oxygens (including phenoxy) is 1. The minimum atomic E-state index is -0.841. The molecule has 0 aromatic heterocycles. The Labute approximate surface area is 210 Å². The maximum Gasteiger partial charge on any atom is 0.335 e. The number of benzene rings is 3. The van der Waals surface area contributed by atoms with Gasteiger partial charge in [0.15, 0.2) is 6.61 Å². The lowest BCUT2D eigenvalue weighted by molar-refractivity contribution is -0.122. The molecule has 0 saturated carbocycles. The molecular weight excluding hydrogens is 493 g/mol. The van der Waals surface area contributed by atoms with Gasteiger partial charge in [-0.1, -0.05) is 59.6 Å². The highest BCUT2D eigenvalue weighted by Crippen LogP contribution is 2.26. The second-order valence-corrected chi connectivity index (χ2v) is 8.11. The number of halogens is 2. The molecule has 3 aromatic rings. The van der Waals surface area contributed by atoms with E-state index in [0.717, 1.165) is 4.90 Å². The molecule has 1 aliphatic rings. The minimum absolute atomic E-state index is 0.257. The van der Waals surface area contributed by atoms with Gasteiger partial charge in [-0.25, -0.2) is 9.69 Å². The quantitative estimate of drug-likeness (QED) is 0.370. The minimum Gasteiger partial charge on any atom is -0.483 e. The van der Waals surface area contributed by atoms with Crippen LogP contribution >= 0.6 is 23.2 Å². The summed E-state index contributed by atoms with van der Waals surface area (Å²) in [7, 11) is 0. The van der Waals surface area contributed by atoms with Crippen molar-refractivity contribution in [2.24, 2.45) is 0 Å². The second-order valence-electron chi connectivity index (χ2n) is 7.30. The van der Waals surface area contributed by atoms with Crippen LogP contribution in [0.3, 0.4) is 0 Å². The maximum absolute atomic E-state index is 13.0. The van der Waals surface area contributed by atoms with E-state index >= 15 is 0 Å². The number of hydrogen-bond donors (Lipinski definition) is 2. The third-order valence-electron chi connectivity index (χ3n) is 4.90. The zero-order valence-corrected chi connectivity index (χ0v) is 19.5. The SMILES string of the molecule is O=C(COc1ccccc1/C=C1/C(=O)NC(=O)N(c2ccccc2)C1=O)Nc1ccc(Cl)c(Cl)c1. The topological polar surface area (TPSA) is 105 Å². The molecule has 0 spiro atoms. The van der Waals surface area contributed by atoms with Gasteiger partial charge in [0, 0.05) is 11.3 Å². The Kier molecular flexibility index (Phi) is 7.14. The molecule has 0 bridgehead atoms. The van der Waals surface area contributed by atoms with Gasteiger partial charge in [-0.05, 0) is 42.5 Å². The van der Waals surface area contributed by atoms with Crippen molar-refractivity contribution in [1.82, 2.24) is 5.32 Å². The second kappa shape index (κ2) is 10.4. The van der Waals surface area contributed by atoms with Crippen LogP contribution in [0, 0.1) is 0 Å². The van der Waals surface area contributed by atoms with E-state index in [2.05, 4.69) is 10.6 Å². The van der Waals surface area contributed by atoms with E-state index in [0.29, 0.717) is 27.0 Å². The van der Waals surface area contributed by atoms with Gasteiger partial charge in [0.25, 0.3) is 17.7 Å². The summed E-state index contributed by atoms with van der Waals surface area (Å²) < 4.78 is 5.63. The summed E-state index contributed by atoms with van der Waals surface area (Å²) in [4.78, 5) is 51.0. The number of rotatable bonds is 6. The number of hydrogen-bond acceptors (Lipinski definition) is 5. The molecule has 2 N–H and O–H groups in total. The van der Waals surface area contributed by atoms with Crippen LogP contribution < -0.4 is 20.3 Å². The zero-order valence-electron chi connectivity index (χ0n) is 18.0. The summed E-state index contributed by atoms with van der Waals surface area (Å²) >= 11 is 11.8. The van der Waals surface area contributed by atoms with Gasteiger partial charge in [0.1, 0.15) is 11.3 Å². The van der Waals surface area contributed by atoms with Crippen molar-refractivity contribution in [3.05, 3.63) is 94.0 Å². The molecule has 0 atom stereocenters. The van der Waals surface area contributed by atoms with Gasteiger partial charge >= 0.3 is 6.03 Å². The Bertz CT molecular complexity index is 1360. The Balaban J connectivity index is 1.53. The molecule has 1 saturated heterocycles. The van der Waals surface area contributed by atoms with E-state index in [1.807, 2.05) is 0 Å². The van der Waals surface area contributed by atoms with Crippen molar-refractivity contribution < 1.29 is 23.9 Å². The molecule has 3 aromatic carbocycles. The number of amides is 5. The fourth-order valence-electron chi connectivity index (χ4n) is 3.27. The van der Waals surface area contributed by atoms with Crippen LogP contribution in [0.25, 0.3) is 6.08 Å². The van der Waals surface area contributed by atoms with Crippen LogP contribution in [-0.4, -0.2) is 30.4 Å². The number of imide groups is 2. The highest BCUT2D eigenvalue weighted by molar-refractivity contribution is 6.42. The third kappa shape index (κ3) is 5.51. The molecule has 10 heteroatoms. The number of barbiturate groups is 1. The highest BCUT2D eigenvalue weighted by atomic mass is 35.5. The standard InChI is InChI=1S/C25H17Cl2N3O5/c26-19-11-10-16(13-20(19)27)28-22(31)14-35-21-9-5-4-6-15(21)12-18-23(32)29-25(34)30(24(18)33)17-7-2-1-3-8-17/h1-13H,14H2,(H,28,31)(H,29,32,34)/b18-12-. The summed E-state index contributed by atoms with van der Waals surface area (Å²) in [6, 6.07) is 18.6. The molecule has 0 unspecified atom stereocenters. The molecule has 35 heavy (non-hydrogen) atoms. The summed E-state index contributed by atoms with van der Waals surface area (Å²) in [5.41, 5.74) is 0.871. The van der Waals surface area contributed by atoms with E-state index in [9.17, 15) is 19.2 Å². The number of carbonyl (C=O) groups is 4. The normalized spacial score (nSPS) is 14.6. The van der Waals surface area contributed by atoms with Gasteiger partial charge in [-0.15, -0.1) is 0 Å². The summed E-state index contributed by atoms with van der Waals surface area (Å²) in [5, 5.41) is 5.46. The third-order valence-corrected chi connectivity index (χ3v) is 5.64. The number of carbonyl (C=O) groups excluding carboxylic acids is 4. The average Bonchev–Trinajstić information content (AvgIpc) is 2.84. The number of urea groups is 1. The maximum atomic E-state index is 13.0. The van der Waals surface area contributed by atoms with Crippen molar-refractivity contribution in [2.45, 2.75) is 0 Å². The van der Waals surface area contributed by atoms with E-state index in [4.69, 9.17) is 27.9 Å². The highest BCUT2D eigenvalue weighted by Gasteiger charge is 2.36. The van der Waals surface area contributed by atoms with Gasteiger partial charge < -0.3 is 10.1 Å². The largest absolute Gasteiger partial charge is 0.483 e. The van der Waals surface area contributed by atoms with Crippen molar-refractivity contribution >= 4 is 64.4 Å². The van der Waals surface area contributed by atoms with Gasteiger partial charge in [-0.2, -0.15) is 0 Å². The molecule has 5 amide bonds. The van der Waals surface area contributed by atoms with Gasteiger partial charge in [-0.3, -0.25) is 19.7 Å². The van der Waals surface area contributed by atoms with Crippen molar-refractivity contribution in [1.29, 1.82) is 0 Å². The fraction of sp³-hybridized carbons (Fsp3) is 0.0400. The fourth-order valence-corrected chi connectivity index (χ4v) is 3.57. The molecule has 0 radical (unpaired) electrons. The van der Waals surface area contributed by atoms with Crippen molar-refractivity contribution in [3.63, 3.8) is 0 Å². The van der Waals surface area contributed by atoms with E-state index in [1.54, 1.807) is 66.7 Å². The first-order chi connectivity index (χ1) is 16.8. The first-order valence-corrected chi connectivity index (χ1v) is 11.0. The average molecular weight is 510 g/mol. The van der Waals surface area contributed by atoms with E-state index in [-0.39, 0.29) is 17.9 Å². The number of nitrogens with zero attached hydrogens (tertiary/aromatic N) is 1. The first kappa shape index (κ1) is 24.0. The van der Waals surface area contributed by atoms with Crippen molar-refractivity contribution in [3.8, 4) is 5.75 Å².